The third kappa shape index (κ3) is 3.01. The van der Waals surface area contributed by atoms with Gasteiger partial charge in [-0.15, -0.1) is 5.10 Å². The van der Waals surface area contributed by atoms with Crippen LogP contribution in [0.3, 0.4) is 0 Å². The average molecular weight is 293 g/mol. The van der Waals surface area contributed by atoms with E-state index >= 15 is 0 Å². The van der Waals surface area contributed by atoms with E-state index in [1.54, 1.807) is 23.7 Å². The molecule has 0 atom stereocenters. The molecule has 0 spiro atoms. The summed E-state index contributed by atoms with van der Waals surface area (Å²) in [5.41, 5.74) is 2.52. The number of anilines is 1. The number of nitrogens with zero attached hydrogens (tertiary/aromatic N) is 4. The van der Waals surface area contributed by atoms with E-state index in [1.807, 2.05) is 42.5 Å². The van der Waals surface area contributed by atoms with Crippen LogP contribution in [0.25, 0.3) is 5.69 Å². The zero-order valence-electron chi connectivity index (χ0n) is 12.1. The number of hydrogen-bond donors (Lipinski definition) is 1. The van der Waals surface area contributed by atoms with Gasteiger partial charge in [-0.25, -0.2) is 0 Å². The summed E-state index contributed by atoms with van der Waals surface area (Å²) in [4.78, 5) is 11.3. The number of para-hydroxylation sites is 1. The van der Waals surface area contributed by atoms with E-state index in [0.29, 0.717) is 17.9 Å². The maximum absolute atomic E-state index is 11.3. The second-order valence-corrected chi connectivity index (χ2v) is 4.83. The Morgan fingerprint density at radius 2 is 1.82 bits per heavy atom. The fraction of sp³-hybridized carbons (Fsp3) is 0.125. The molecule has 0 amide bonds. The van der Waals surface area contributed by atoms with Crippen molar-refractivity contribution >= 4 is 11.5 Å². The largest absolute Gasteiger partial charge is 0.378 e. The maximum atomic E-state index is 11.3. The molecule has 0 saturated carbocycles. The van der Waals surface area contributed by atoms with Crippen molar-refractivity contribution < 1.29 is 4.79 Å². The number of rotatable bonds is 5. The van der Waals surface area contributed by atoms with Crippen LogP contribution < -0.4 is 5.32 Å². The summed E-state index contributed by atoms with van der Waals surface area (Å²) in [6, 6.07) is 17.0. The number of tetrazole rings is 1. The lowest BCUT2D eigenvalue weighted by Crippen LogP contribution is -2.08. The second-order valence-electron chi connectivity index (χ2n) is 4.83. The van der Waals surface area contributed by atoms with Crippen LogP contribution in [0.2, 0.25) is 0 Å². The minimum Gasteiger partial charge on any atom is -0.378 e. The van der Waals surface area contributed by atoms with E-state index in [1.165, 1.54) is 0 Å². The van der Waals surface area contributed by atoms with Gasteiger partial charge in [0.05, 0.1) is 12.2 Å². The van der Waals surface area contributed by atoms with Gasteiger partial charge in [-0.2, -0.15) is 4.68 Å². The van der Waals surface area contributed by atoms with Gasteiger partial charge >= 0.3 is 0 Å². The van der Waals surface area contributed by atoms with Crippen LogP contribution in [0.1, 0.15) is 23.1 Å². The molecule has 0 saturated heterocycles. The van der Waals surface area contributed by atoms with Gasteiger partial charge in [0, 0.05) is 11.3 Å². The summed E-state index contributed by atoms with van der Waals surface area (Å²) >= 11 is 0. The van der Waals surface area contributed by atoms with Crippen LogP contribution in [0.4, 0.5) is 5.69 Å². The Kier molecular flexibility index (Phi) is 3.91. The molecule has 0 aliphatic rings. The highest BCUT2D eigenvalue weighted by Crippen LogP contribution is 2.12. The molecule has 1 N–H and O–H groups in total. The molecule has 0 fully saturated rings. The average Bonchev–Trinajstić information content (AvgIpc) is 3.02. The molecule has 110 valence electrons. The van der Waals surface area contributed by atoms with Crippen molar-refractivity contribution in [3.05, 3.63) is 66.0 Å². The molecule has 3 rings (SSSR count). The predicted octanol–water partition coefficient (Wildman–Crippen LogP) is 2.48. The van der Waals surface area contributed by atoms with E-state index in [4.69, 9.17) is 0 Å². The molecule has 0 bridgehead atoms. The molecule has 1 aromatic heterocycles. The summed E-state index contributed by atoms with van der Waals surface area (Å²) in [7, 11) is 0. The van der Waals surface area contributed by atoms with Gasteiger partial charge in [0.1, 0.15) is 0 Å². The topological polar surface area (TPSA) is 72.7 Å². The van der Waals surface area contributed by atoms with Crippen LogP contribution >= 0.6 is 0 Å². The first-order chi connectivity index (χ1) is 10.7. The number of hydrogen-bond acceptors (Lipinski definition) is 5. The van der Waals surface area contributed by atoms with E-state index in [9.17, 15) is 4.79 Å². The quantitative estimate of drug-likeness (QED) is 0.732. The first-order valence-electron chi connectivity index (χ1n) is 6.91. The number of Topliss-reactive ketones (excluding diaryl/α,β-unsaturated/α-hetero) is 1. The minimum atomic E-state index is 0.0552. The molecule has 1 heterocycles. The Morgan fingerprint density at radius 1 is 1.09 bits per heavy atom. The number of carbonyl (C=O) groups excluding carboxylic acids is 1. The van der Waals surface area contributed by atoms with Crippen LogP contribution in [-0.2, 0) is 6.54 Å². The lowest BCUT2D eigenvalue weighted by molar-refractivity contribution is 0.101. The van der Waals surface area contributed by atoms with Gasteiger partial charge < -0.3 is 5.32 Å². The van der Waals surface area contributed by atoms with Crippen molar-refractivity contribution in [2.45, 2.75) is 13.5 Å². The minimum absolute atomic E-state index is 0.0552. The molecule has 0 radical (unpaired) electrons. The fourth-order valence-corrected chi connectivity index (χ4v) is 2.09. The summed E-state index contributed by atoms with van der Waals surface area (Å²) in [6.07, 6.45) is 0. The van der Waals surface area contributed by atoms with E-state index in [-0.39, 0.29) is 5.78 Å². The molecule has 22 heavy (non-hydrogen) atoms. The second kappa shape index (κ2) is 6.17. The van der Waals surface area contributed by atoms with Crippen molar-refractivity contribution in [1.29, 1.82) is 0 Å². The fourth-order valence-electron chi connectivity index (χ4n) is 2.09. The highest BCUT2D eigenvalue weighted by Gasteiger charge is 2.07. The lowest BCUT2D eigenvalue weighted by atomic mass is 10.1. The van der Waals surface area contributed by atoms with E-state index < -0.39 is 0 Å². The van der Waals surface area contributed by atoms with Crippen LogP contribution in [0, 0.1) is 0 Å². The Bertz CT molecular complexity index is 765. The van der Waals surface area contributed by atoms with Gasteiger partial charge in [0.2, 0.25) is 0 Å². The Hall–Kier alpha value is -3.02. The van der Waals surface area contributed by atoms with Gasteiger partial charge in [-0.1, -0.05) is 18.2 Å². The normalized spacial score (nSPS) is 10.4. The molecular formula is C16H15N5O. The predicted molar refractivity (Wildman–Crippen MR) is 82.9 cm³/mol. The first kappa shape index (κ1) is 13.9. The SMILES string of the molecule is CC(=O)c1ccc(NCc2nnnn2-c2ccccc2)cc1. The molecule has 2 aromatic carbocycles. The monoisotopic (exact) mass is 293 g/mol. The third-order valence-electron chi connectivity index (χ3n) is 3.28. The summed E-state index contributed by atoms with van der Waals surface area (Å²) in [6.45, 7) is 2.04. The standard InChI is InChI=1S/C16H15N5O/c1-12(22)13-7-9-14(10-8-13)17-11-16-18-19-20-21(16)15-5-3-2-4-6-15/h2-10,17H,11H2,1H3. The number of carbonyl (C=O) groups is 1. The lowest BCUT2D eigenvalue weighted by Gasteiger charge is -2.07. The van der Waals surface area contributed by atoms with Crippen LogP contribution in [0.5, 0.6) is 0 Å². The number of benzene rings is 2. The zero-order valence-corrected chi connectivity index (χ0v) is 12.1. The Morgan fingerprint density at radius 3 is 2.50 bits per heavy atom. The van der Waals surface area contributed by atoms with Crippen molar-refractivity contribution in [1.82, 2.24) is 20.2 Å². The van der Waals surface area contributed by atoms with E-state index in [2.05, 4.69) is 20.8 Å². The number of ketones is 1. The highest BCUT2D eigenvalue weighted by molar-refractivity contribution is 5.94. The van der Waals surface area contributed by atoms with Gasteiger partial charge in [0.25, 0.3) is 0 Å². The first-order valence-corrected chi connectivity index (χ1v) is 6.91. The molecule has 0 aliphatic heterocycles. The number of nitrogens with one attached hydrogen (secondary N) is 1. The zero-order chi connectivity index (χ0) is 15.4. The van der Waals surface area contributed by atoms with Gasteiger partial charge in [-0.05, 0) is 53.7 Å². The van der Waals surface area contributed by atoms with Crippen molar-refractivity contribution in [2.75, 3.05) is 5.32 Å². The van der Waals surface area contributed by atoms with Crippen LogP contribution in [0.15, 0.2) is 54.6 Å². The van der Waals surface area contributed by atoms with Gasteiger partial charge in [-0.3, -0.25) is 4.79 Å². The number of aromatic nitrogens is 4. The summed E-state index contributed by atoms with van der Waals surface area (Å²) in [5.74, 6) is 0.765. The smallest absolute Gasteiger partial charge is 0.175 e. The van der Waals surface area contributed by atoms with Gasteiger partial charge in [0.15, 0.2) is 11.6 Å². The molecule has 6 nitrogen and oxygen atoms in total. The van der Waals surface area contributed by atoms with Crippen molar-refractivity contribution in [3.63, 3.8) is 0 Å². The maximum Gasteiger partial charge on any atom is 0.175 e. The third-order valence-corrected chi connectivity index (χ3v) is 3.28. The summed E-state index contributed by atoms with van der Waals surface area (Å²) < 4.78 is 1.69. The molecule has 0 aliphatic carbocycles. The molecule has 0 unspecified atom stereocenters. The van der Waals surface area contributed by atoms with Crippen molar-refractivity contribution in [2.24, 2.45) is 0 Å². The molecular weight excluding hydrogens is 278 g/mol. The van der Waals surface area contributed by atoms with Crippen LogP contribution in [-0.4, -0.2) is 26.0 Å². The Labute approximate surface area is 127 Å². The Balaban J connectivity index is 1.72. The molecule has 6 heteroatoms. The summed E-state index contributed by atoms with van der Waals surface area (Å²) in [5, 5.41) is 15.0. The van der Waals surface area contributed by atoms with Crippen molar-refractivity contribution in [3.8, 4) is 5.69 Å². The van der Waals surface area contributed by atoms with E-state index in [0.717, 1.165) is 11.4 Å². The molecule has 3 aromatic rings. The highest BCUT2D eigenvalue weighted by atomic mass is 16.1.